The molecule has 20 heavy (non-hydrogen) atoms. The molecule has 0 aliphatic carbocycles. The van der Waals surface area contributed by atoms with Crippen molar-refractivity contribution in [1.82, 2.24) is 4.31 Å². The first-order chi connectivity index (χ1) is 9.43. The lowest BCUT2D eigenvalue weighted by Gasteiger charge is -2.16. The summed E-state index contributed by atoms with van der Waals surface area (Å²) in [4.78, 5) is 0.0898. The van der Waals surface area contributed by atoms with Gasteiger partial charge in [0.05, 0.1) is 24.2 Å². The van der Waals surface area contributed by atoms with Gasteiger partial charge in [-0.05, 0) is 24.3 Å². The van der Waals surface area contributed by atoms with E-state index in [9.17, 15) is 8.42 Å². The van der Waals surface area contributed by atoms with E-state index in [-0.39, 0.29) is 10.6 Å². The summed E-state index contributed by atoms with van der Waals surface area (Å²) in [6, 6.07) is 8.48. The van der Waals surface area contributed by atoms with Crippen molar-refractivity contribution in [3.8, 4) is 0 Å². The van der Waals surface area contributed by atoms with E-state index in [0.29, 0.717) is 12.2 Å². The van der Waals surface area contributed by atoms with Crippen LogP contribution in [0.2, 0.25) is 0 Å². The van der Waals surface area contributed by atoms with Gasteiger partial charge in [-0.15, -0.1) is 0 Å². The number of anilines is 2. The topological polar surface area (TPSA) is 88.6 Å². The smallest absolute Gasteiger partial charge is 0.244 e. The van der Waals surface area contributed by atoms with E-state index in [4.69, 9.17) is 10.2 Å². The van der Waals surface area contributed by atoms with Crippen molar-refractivity contribution in [2.75, 3.05) is 25.1 Å². The maximum absolute atomic E-state index is 12.1. The van der Waals surface area contributed by atoms with Crippen molar-refractivity contribution in [2.24, 2.45) is 0 Å². The van der Waals surface area contributed by atoms with Crippen LogP contribution in [0.1, 0.15) is 5.76 Å². The zero-order valence-electron chi connectivity index (χ0n) is 11.3. The van der Waals surface area contributed by atoms with E-state index in [1.165, 1.54) is 20.2 Å². The molecule has 7 heteroatoms. The van der Waals surface area contributed by atoms with Crippen LogP contribution in [0.25, 0.3) is 0 Å². The van der Waals surface area contributed by atoms with Gasteiger partial charge >= 0.3 is 0 Å². The summed E-state index contributed by atoms with van der Waals surface area (Å²) in [6.07, 6.45) is 1.58. The molecule has 0 saturated heterocycles. The normalized spacial score (nSPS) is 11.8. The predicted octanol–water partition coefficient (Wildman–Crippen LogP) is 1.72. The van der Waals surface area contributed by atoms with E-state index < -0.39 is 10.0 Å². The molecule has 0 amide bonds. The highest BCUT2D eigenvalue weighted by molar-refractivity contribution is 7.89. The summed E-state index contributed by atoms with van der Waals surface area (Å²) >= 11 is 0. The van der Waals surface area contributed by atoms with Crippen molar-refractivity contribution in [3.63, 3.8) is 0 Å². The van der Waals surface area contributed by atoms with E-state index in [0.717, 1.165) is 10.1 Å². The standard InChI is InChI=1S/C13H17N3O3S/c1-16(2)20(17,18)12-7-3-6-11(13(12)14)15-9-10-5-4-8-19-10/h3-8,15H,9,14H2,1-2H3. The highest BCUT2D eigenvalue weighted by Crippen LogP contribution is 2.28. The Kier molecular flexibility index (Phi) is 4.01. The average molecular weight is 295 g/mol. The Bertz CT molecular complexity index is 679. The van der Waals surface area contributed by atoms with E-state index in [2.05, 4.69) is 5.32 Å². The first-order valence-corrected chi connectivity index (χ1v) is 7.44. The fourth-order valence-corrected chi connectivity index (χ4v) is 2.75. The van der Waals surface area contributed by atoms with Crippen LogP contribution in [0.5, 0.6) is 0 Å². The quantitative estimate of drug-likeness (QED) is 0.820. The van der Waals surface area contributed by atoms with Gasteiger partial charge in [0.1, 0.15) is 10.7 Å². The number of hydrogen-bond acceptors (Lipinski definition) is 5. The Morgan fingerprint density at radius 2 is 2.00 bits per heavy atom. The van der Waals surface area contributed by atoms with Gasteiger partial charge in [0, 0.05) is 14.1 Å². The van der Waals surface area contributed by atoms with Crippen LogP contribution in [0.3, 0.4) is 0 Å². The monoisotopic (exact) mass is 295 g/mol. The molecule has 6 nitrogen and oxygen atoms in total. The highest BCUT2D eigenvalue weighted by atomic mass is 32.2. The highest BCUT2D eigenvalue weighted by Gasteiger charge is 2.21. The molecule has 0 aliphatic rings. The summed E-state index contributed by atoms with van der Waals surface area (Å²) in [5, 5.41) is 3.07. The van der Waals surface area contributed by atoms with Gasteiger partial charge in [0.2, 0.25) is 10.0 Å². The zero-order chi connectivity index (χ0) is 14.8. The second kappa shape index (κ2) is 5.56. The molecule has 0 unspecified atom stereocenters. The van der Waals surface area contributed by atoms with Crippen LogP contribution in [0.4, 0.5) is 11.4 Å². The number of sulfonamides is 1. The largest absolute Gasteiger partial charge is 0.467 e. The molecule has 1 aromatic carbocycles. The minimum Gasteiger partial charge on any atom is -0.467 e. The van der Waals surface area contributed by atoms with E-state index in [1.54, 1.807) is 24.5 Å². The van der Waals surface area contributed by atoms with Crippen LogP contribution in [0, 0.1) is 0 Å². The molecule has 0 atom stereocenters. The Morgan fingerprint density at radius 1 is 1.25 bits per heavy atom. The Balaban J connectivity index is 2.28. The summed E-state index contributed by atoms with van der Waals surface area (Å²) in [7, 11) is -0.617. The van der Waals surface area contributed by atoms with Crippen molar-refractivity contribution >= 4 is 21.4 Å². The number of benzene rings is 1. The number of nitrogens with two attached hydrogens (primary N) is 1. The minimum absolute atomic E-state index is 0.0898. The molecule has 1 heterocycles. The van der Waals surface area contributed by atoms with Gasteiger partial charge in [-0.25, -0.2) is 12.7 Å². The first kappa shape index (κ1) is 14.4. The number of nitrogen functional groups attached to an aromatic ring is 1. The fourth-order valence-electron chi connectivity index (χ4n) is 1.72. The van der Waals surface area contributed by atoms with Crippen LogP contribution in [-0.4, -0.2) is 26.8 Å². The van der Waals surface area contributed by atoms with Crippen LogP contribution < -0.4 is 11.1 Å². The third-order valence-corrected chi connectivity index (χ3v) is 4.73. The Labute approximate surface area is 118 Å². The van der Waals surface area contributed by atoms with Crippen molar-refractivity contribution in [1.29, 1.82) is 0 Å². The lowest BCUT2D eigenvalue weighted by Crippen LogP contribution is -2.23. The second-order valence-electron chi connectivity index (χ2n) is 4.44. The molecular weight excluding hydrogens is 278 g/mol. The second-order valence-corrected chi connectivity index (χ2v) is 6.56. The lowest BCUT2D eigenvalue weighted by molar-refractivity contribution is 0.518. The van der Waals surface area contributed by atoms with Gasteiger partial charge in [0.25, 0.3) is 0 Å². The molecule has 3 N–H and O–H groups in total. The Hall–Kier alpha value is -1.99. The maximum atomic E-state index is 12.1. The van der Waals surface area contributed by atoms with Gasteiger partial charge < -0.3 is 15.5 Å². The molecule has 0 radical (unpaired) electrons. The van der Waals surface area contributed by atoms with Crippen LogP contribution in [0.15, 0.2) is 45.9 Å². The number of nitrogens with zero attached hydrogens (tertiary/aromatic N) is 1. The zero-order valence-corrected chi connectivity index (χ0v) is 12.1. The molecule has 1 aromatic heterocycles. The average Bonchev–Trinajstić information content (AvgIpc) is 2.90. The molecule has 0 aliphatic heterocycles. The number of rotatable bonds is 5. The Morgan fingerprint density at radius 3 is 2.60 bits per heavy atom. The lowest BCUT2D eigenvalue weighted by atomic mass is 10.2. The van der Waals surface area contributed by atoms with E-state index in [1.807, 2.05) is 6.07 Å². The summed E-state index contributed by atoms with van der Waals surface area (Å²) in [6.45, 7) is 0.433. The maximum Gasteiger partial charge on any atom is 0.244 e. The summed E-state index contributed by atoms with van der Waals surface area (Å²) in [5.74, 6) is 0.741. The number of furan rings is 1. The summed E-state index contributed by atoms with van der Waals surface area (Å²) < 4.78 is 30.6. The van der Waals surface area contributed by atoms with E-state index >= 15 is 0 Å². The number of nitrogens with one attached hydrogen (secondary N) is 1. The molecule has 108 valence electrons. The molecular formula is C13H17N3O3S. The number of hydrogen-bond donors (Lipinski definition) is 2. The fraction of sp³-hybridized carbons (Fsp3) is 0.231. The molecule has 0 saturated carbocycles. The SMILES string of the molecule is CN(C)S(=O)(=O)c1cccc(NCc2ccco2)c1N. The molecule has 0 bridgehead atoms. The van der Waals surface area contributed by atoms with Gasteiger partial charge in [-0.1, -0.05) is 6.07 Å². The summed E-state index contributed by atoms with van der Waals surface area (Å²) in [5.41, 5.74) is 6.71. The van der Waals surface area contributed by atoms with Crippen molar-refractivity contribution in [3.05, 3.63) is 42.4 Å². The van der Waals surface area contributed by atoms with Crippen LogP contribution >= 0.6 is 0 Å². The third-order valence-electron chi connectivity index (χ3n) is 2.86. The van der Waals surface area contributed by atoms with Gasteiger partial charge in [-0.3, -0.25) is 0 Å². The first-order valence-electron chi connectivity index (χ1n) is 6.00. The molecule has 2 rings (SSSR count). The van der Waals surface area contributed by atoms with Crippen molar-refractivity contribution < 1.29 is 12.8 Å². The molecule has 0 spiro atoms. The minimum atomic E-state index is -3.56. The number of para-hydroxylation sites is 1. The molecule has 2 aromatic rings. The predicted molar refractivity (Wildman–Crippen MR) is 77.8 cm³/mol. The molecule has 0 fully saturated rings. The van der Waals surface area contributed by atoms with Crippen LogP contribution in [-0.2, 0) is 16.6 Å². The van der Waals surface area contributed by atoms with Gasteiger partial charge in [-0.2, -0.15) is 0 Å². The third kappa shape index (κ3) is 2.78. The van der Waals surface area contributed by atoms with Gasteiger partial charge in [0.15, 0.2) is 0 Å². The van der Waals surface area contributed by atoms with Crippen molar-refractivity contribution in [2.45, 2.75) is 11.4 Å².